The number of carbonyl (C=O) groups excluding carboxylic acids is 1. The summed E-state index contributed by atoms with van der Waals surface area (Å²) in [7, 11) is 0. The van der Waals surface area contributed by atoms with Gasteiger partial charge in [0.05, 0.1) is 23.2 Å². The minimum Gasteiger partial charge on any atom is -0.397 e. The van der Waals surface area contributed by atoms with E-state index in [0.29, 0.717) is 17.8 Å². The normalized spacial score (nSPS) is 13.4. The first kappa shape index (κ1) is 17.0. The molecule has 5 nitrogen and oxygen atoms in total. The highest BCUT2D eigenvalue weighted by Gasteiger charge is 2.12. The molecule has 0 fully saturated rings. The third-order valence-electron chi connectivity index (χ3n) is 3.79. The van der Waals surface area contributed by atoms with Crippen molar-refractivity contribution in [3.8, 4) is 0 Å². The van der Waals surface area contributed by atoms with Crippen LogP contribution in [-0.4, -0.2) is 17.5 Å². The number of nitrogen functional groups attached to an aromatic ring is 1. The first-order valence-electron chi connectivity index (χ1n) is 7.59. The van der Waals surface area contributed by atoms with Gasteiger partial charge >= 0.3 is 0 Å². The Labute approximate surface area is 136 Å². The minimum absolute atomic E-state index is 0.197. The van der Waals surface area contributed by atoms with Gasteiger partial charge in [-0.3, -0.25) is 5.01 Å². The number of anilines is 3. The molecule has 0 radical (unpaired) electrons. The van der Waals surface area contributed by atoms with Crippen LogP contribution >= 0.6 is 0 Å². The molecular formula is C18H23N3O2. The van der Waals surface area contributed by atoms with Crippen LogP contribution in [0.1, 0.15) is 30.9 Å². The summed E-state index contributed by atoms with van der Waals surface area (Å²) in [6.07, 6.45) is 1.11. The highest BCUT2D eigenvalue weighted by Crippen LogP contribution is 2.30. The van der Waals surface area contributed by atoms with Gasteiger partial charge in [0.2, 0.25) is 0 Å². The Morgan fingerprint density at radius 3 is 2.35 bits per heavy atom. The molecule has 2 rings (SSSR count). The van der Waals surface area contributed by atoms with Crippen LogP contribution in [-0.2, 0) is 11.2 Å². The summed E-state index contributed by atoms with van der Waals surface area (Å²) < 4.78 is 0. The second kappa shape index (κ2) is 7.26. The summed E-state index contributed by atoms with van der Waals surface area (Å²) in [5, 5.41) is 10.9. The number of benzene rings is 2. The lowest BCUT2D eigenvalue weighted by molar-refractivity contribution is -0.108. The van der Waals surface area contributed by atoms with Crippen molar-refractivity contribution in [2.75, 3.05) is 10.7 Å². The fourth-order valence-electron chi connectivity index (χ4n) is 2.43. The number of carbonyl (C=O) groups is 1. The summed E-state index contributed by atoms with van der Waals surface area (Å²) >= 11 is 0. The molecule has 0 heterocycles. The Balaban J connectivity index is 2.22. The van der Waals surface area contributed by atoms with Crippen molar-refractivity contribution in [3.63, 3.8) is 0 Å². The molecule has 0 spiro atoms. The van der Waals surface area contributed by atoms with Gasteiger partial charge in [-0.2, -0.15) is 0 Å². The maximum absolute atomic E-state index is 10.9. The number of nitrogens with zero attached hydrogens (tertiary/aromatic N) is 1. The molecule has 0 aromatic heterocycles. The fraction of sp³-hybridized carbons (Fsp3) is 0.278. The highest BCUT2D eigenvalue weighted by molar-refractivity contribution is 5.76. The molecule has 0 amide bonds. The number of rotatable bonds is 6. The van der Waals surface area contributed by atoms with Gasteiger partial charge in [0.1, 0.15) is 6.29 Å². The molecular weight excluding hydrogens is 290 g/mol. The lowest BCUT2D eigenvalue weighted by Gasteiger charge is -2.22. The number of aliphatic hydroxyl groups is 1. The van der Waals surface area contributed by atoms with Gasteiger partial charge in [-0.25, -0.2) is 5.84 Å². The van der Waals surface area contributed by atoms with Crippen molar-refractivity contribution < 1.29 is 9.90 Å². The smallest absolute Gasteiger partial charge is 0.127 e. The Bertz CT molecular complexity index is 668. The van der Waals surface area contributed by atoms with Crippen LogP contribution < -0.4 is 16.6 Å². The number of nitrogens with two attached hydrogens (primary N) is 2. The van der Waals surface area contributed by atoms with E-state index < -0.39 is 0 Å². The van der Waals surface area contributed by atoms with Crippen LogP contribution in [0.4, 0.5) is 17.1 Å². The van der Waals surface area contributed by atoms with Gasteiger partial charge in [-0.05, 0) is 48.7 Å². The second-order valence-corrected chi connectivity index (χ2v) is 5.83. The zero-order valence-electron chi connectivity index (χ0n) is 13.4. The molecule has 5 heteroatoms. The van der Waals surface area contributed by atoms with Crippen LogP contribution in [0.15, 0.2) is 42.5 Å². The molecule has 2 aromatic rings. The van der Waals surface area contributed by atoms with E-state index in [4.69, 9.17) is 11.6 Å². The van der Waals surface area contributed by atoms with Crippen molar-refractivity contribution in [3.05, 3.63) is 53.6 Å². The summed E-state index contributed by atoms with van der Waals surface area (Å²) in [5.74, 6) is 5.96. The number of hydrogen-bond acceptors (Lipinski definition) is 5. The van der Waals surface area contributed by atoms with Crippen molar-refractivity contribution in [2.24, 2.45) is 5.84 Å². The molecule has 0 aliphatic carbocycles. The van der Waals surface area contributed by atoms with Crippen molar-refractivity contribution in [2.45, 2.75) is 32.3 Å². The SMILES string of the molecule is CC(C=O)c1ccc(N(N)c2ccc(C[C@H](C)O)cc2)c(N)c1. The molecule has 2 aromatic carbocycles. The van der Waals surface area contributed by atoms with Gasteiger partial charge in [-0.1, -0.05) is 25.1 Å². The van der Waals surface area contributed by atoms with Gasteiger partial charge in [0.15, 0.2) is 0 Å². The molecule has 2 atom stereocenters. The highest BCUT2D eigenvalue weighted by atomic mass is 16.3. The molecule has 0 aliphatic heterocycles. The molecule has 122 valence electrons. The number of aliphatic hydroxyl groups excluding tert-OH is 1. The predicted octanol–water partition coefficient (Wildman–Crippen LogP) is 2.51. The van der Waals surface area contributed by atoms with Crippen molar-refractivity contribution in [1.29, 1.82) is 0 Å². The topological polar surface area (TPSA) is 92.6 Å². The first-order chi connectivity index (χ1) is 10.9. The maximum atomic E-state index is 10.9. The standard InChI is InChI=1S/C18H23N3O2/c1-12(11-22)15-5-8-18(17(19)10-15)21(20)16-6-3-14(4-7-16)9-13(2)23/h3-8,10-13,23H,9,19-20H2,1-2H3/t12?,13-/m0/s1. The Morgan fingerprint density at radius 1 is 1.17 bits per heavy atom. The average Bonchev–Trinajstić information content (AvgIpc) is 2.53. The monoisotopic (exact) mass is 313 g/mol. The molecule has 23 heavy (non-hydrogen) atoms. The lowest BCUT2D eigenvalue weighted by atomic mass is 10.0. The van der Waals surface area contributed by atoms with E-state index in [-0.39, 0.29) is 12.0 Å². The zero-order valence-corrected chi connectivity index (χ0v) is 13.4. The van der Waals surface area contributed by atoms with E-state index >= 15 is 0 Å². The van der Waals surface area contributed by atoms with E-state index in [0.717, 1.165) is 23.1 Å². The number of aldehydes is 1. The molecule has 0 saturated carbocycles. The van der Waals surface area contributed by atoms with Crippen molar-refractivity contribution >= 4 is 23.3 Å². The summed E-state index contributed by atoms with van der Waals surface area (Å²) in [5.41, 5.74) is 9.97. The van der Waals surface area contributed by atoms with E-state index in [1.807, 2.05) is 43.3 Å². The Morgan fingerprint density at radius 2 is 1.83 bits per heavy atom. The van der Waals surface area contributed by atoms with E-state index in [2.05, 4.69) is 0 Å². The number of hydrogen-bond donors (Lipinski definition) is 3. The quantitative estimate of drug-likeness (QED) is 0.330. The largest absolute Gasteiger partial charge is 0.397 e. The molecule has 0 bridgehead atoms. The third-order valence-corrected chi connectivity index (χ3v) is 3.79. The van der Waals surface area contributed by atoms with E-state index in [9.17, 15) is 9.90 Å². The van der Waals surface area contributed by atoms with Crippen LogP contribution in [0.2, 0.25) is 0 Å². The van der Waals surface area contributed by atoms with Crippen LogP contribution in [0.3, 0.4) is 0 Å². The molecule has 1 unspecified atom stereocenters. The van der Waals surface area contributed by atoms with Crippen LogP contribution in [0.5, 0.6) is 0 Å². The summed E-state index contributed by atoms with van der Waals surface area (Å²) in [6.45, 7) is 3.58. The molecule has 5 N–H and O–H groups in total. The Hall–Kier alpha value is -2.37. The van der Waals surface area contributed by atoms with Gasteiger partial charge in [-0.15, -0.1) is 0 Å². The maximum Gasteiger partial charge on any atom is 0.127 e. The molecule has 0 saturated heterocycles. The first-order valence-corrected chi connectivity index (χ1v) is 7.59. The molecule has 0 aliphatic rings. The minimum atomic E-state index is -0.377. The van der Waals surface area contributed by atoms with Gasteiger partial charge in [0, 0.05) is 5.92 Å². The van der Waals surface area contributed by atoms with E-state index in [1.54, 1.807) is 13.0 Å². The van der Waals surface area contributed by atoms with Crippen LogP contribution in [0.25, 0.3) is 0 Å². The van der Waals surface area contributed by atoms with Gasteiger partial charge in [0.25, 0.3) is 0 Å². The lowest BCUT2D eigenvalue weighted by Crippen LogP contribution is -2.26. The zero-order chi connectivity index (χ0) is 17.0. The average molecular weight is 313 g/mol. The number of hydrazine groups is 1. The summed E-state index contributed by atoms with van der Waals surface area (Å²) in [6, 6.07) is 13.1. The second-order valence-electron chi connectivity index (χ2n) is 5.83. The van der Waals surface area contributed by atoms with Gasteiger partial charge < -0.3 is 15.6 Å². The third kappa shape index (κ3) is 4.09. The van der Waals surface area contributed by atoms with Crippen molar-refractivity contribution in [1.82, 2.24) is 0 Å². The predicted molar refractivity (Wildman–Crippen MR) is 93.5 cm³/mol. The van der Waals surface area contributed by atoms with E-state index in [1.165, 1.54) is 5.01 Å². The Kier molecular flexibility index (Phi) is 5.36. The summed E-state index contributed by atoms with van der Waals surface area (Å²) in [4.78, 5) is 10.9. The van der Waals surface area contributed by atoms with Crippen LogP contribution in [0, 0.1) is 0 Å². The fourth-order valence-corrected chi connectivity index (χ4v) is 2.43.